The largest absolute Gasteiger partial charge is 0.480 e. The third-order valence-electron chi connectivity index (χ3n) is 9.04. The van der Waals surface area contributed by atoms with Crippen LogP contribution in [0.3, 0.4) is 0 Å². The van der Waals surface area contributed by atoms with Crippen molar-refractivity contribution < 1.29 is 17.9 Å². The Balaban J connectivity index is 1.24. The zero-order valence-corrected chi connectivity index (χ0v) is 23.0. The van der Waals surface area contributed by atoms with Crippen molar-refractivity contribution in [3.05, 3.63) is 58.4 Å². The van der Waals surface area contributed by atoms with E-state index in [0.717, 1.165) is 43.0 Å². The van der Waals surface area contributed by atoms with Crippen LogP contribution in [0, 0.1) is 11.8 Å². The van der Waals surface area contributed by atoms with Gasteiger partial charge in [0.1, 0.15) is 23.4 Å². The molecule has 4 aromatic rings. The van der Waals surface area contributed by atoms with Crippen LogP contribution in [0.2, 0.25) is 0 Å². The van der Waals surface area contributed by atoms with Gasteiger partial charge in [-0.3, -0.25) is 9.36 Å². The molecule has 214 valence electrons. The van der Waals surface area contributed by atoms with Crippen LogP contribution in [-0.2, 0) is 18.1 Å². The summed E-state index contributed by atoms with van der Waals surface area (Å²) < 4.78 is 49.6. The third kappa shape index (κ3) is 4.21. The standard InChI is InChI=1S/C29H30F3N7O2/c1-15(2)38-13-20(29(30,31)32)36-27(38)28-8-18(9-28)19(10-28)12-39-21(40)7-6-17-11-33-24(37-25(17)39)22-23(16-4-5-16)34-14-35-26(22)41-3/h6-7,11,13-16,18-19H,4-5,8-10,12H2,1-3H3. The first kappa shape index (κ1) is 26.1. The highest BCUT2D eigenvalue weighted by Gasteiger charge is 2.59. The van der Waals surface area contributed by atoms with Gasteiger partial charge in [-0.05, 0) is 63.9 Å². The number of ether oxygens (including phenoxy) is 1. The summed E-state index contributed by atoms with van der Waals surface area (Å²) in [6.07, 6.45) is 4.08. The smallest absolute Gasteiger partial charge is 0.434 e. The first-order chi connectivity index (χ1) is 19.6. The summed E-state index contributed by atoms with van der Waals surface area (Å²) in [5.74, 6) is 2.02. The van der Waals surface area contributed by atoms with E-state index < -0.39 is 17.3 Å². The monoisotopic (exact) mass is 565 g/mol. The number of methoxy groups -OCH3 is 1. The molecule has 2 bridgehead atoms. The van der Waals surface area contributed by atoms with Crippen molar-refractivity contribution in [3.63, 3.8) is 0 Å². The number of halogens is 3. The highest BCUT2D eigenvalue weighted by molar-refractivity contribution is 5.77. The van der Waals surface area contributed by atoms with Gasteiger partial charge in [0.2, 0.25) is 5.88 Å². The Bertz CT molecular complexity index is 1720. The van der Waals surface area contributed by atoms with Crippen LogP contribution in [0.5, 0.6) is 5.88 Å². The molecule has 0 amide bonds. The molecule has 0 saturated heterocycles. The number of rotatable bonds is 7. The number of imidazole rings is 1. The normalized spacial score (nSPS) is 23.8. The van der Waals surface area contributed by atoms with E-state index in [4.69, 9.17) is 9.72 Å². The zero-order chi connectivity index (χ0) is 28.7. The van der Waals surface area contributed by atoms with Gasteiger partial charge in [0.05, 0.1) is 12.8 Å². The first-order valence-corrected chi connectivity index (χ1v) is 14.0. The van der Waals surface area contributed by atoms with Crippen molar-refractivity contribution in [2.45, 2.75) is 76.0 Å². The van der Waals surface area contributed by atoms with Gasteiger partial charge in [0.25, 0.3) is 5.56 Å². The molecule has 4 heterocycles. The lowest BCUT2D eigenvalue weighted by atomic mass is 9.68. The van der Waals surface area contributed by atoms with E-state index in [2.05, 4.69) is 19.9 Å². The van der Waals surface area contributed by atoms with Gasteiger partial charge >= 0.3 is 6.18 Å². The van der Waals surface area contributed by atoms with Gasteiger partial charge in [-0.15, -0.1) is 0 Å². The van der Waals surface area contributed by atoms with E-state index in [1.807, 2.05) is 13.8 Å². The molecule has 0 aliphatic heterocycles. The van der Waals surface area contributed by atoms with E-state index in [-0.39, 0.29) is 17.5 Å². The summed E-state index contributed by atoms with van der Waals surface area (Å²) in [5, 5.41) is 0.724. The maximum Gasteiger partial charge on any atom is 0.434 e. The molecule has 0 radical (unpaired) electrons. The molecule has 1 atom stereocenters. The molecule has 4 fully saturated rings. The Morgan fingerprint density at radius 3 is 2.56 bits per heavy atom. The summed E-state index contributed by atoms with van der Waals surface area (Å²) >= 11 is 0. The predicted molar refractivity (Wildman–Crippen MR) is 143 cm³/mol. The van der Waals surface area contributed by atoms with E-state index in [9.17, 15) is 18.0 Å². The third-order valence-corrected chi connectivity index (χ3v) is 9.04. The van der Waals surface area contributed by atoms with Crippen molar-refractivity contribution in [2.24, 2.45) is 11.8 Å². The number of nitrogens with zero attached hydrogens (tertiary/aromatic N) is 7. The van der Waals surface area contributed by atoms with Gasteiger partial charge in [0, 0.05) is 47.8 Å². The average Bonchev–Trinajstić information content (AvgIpc) is 3.40. The lowest BCUT2D eigenvalue weighted by molar-refractivity contribution is -0.141. The second-order valence-electron chi connectivity index (χ2n) is 12.0. The van der Waals surface area contributed by atoms with Crippen LogP contribution in [-0.4, -0.2) is 41.2 Å². The maximum absolute atomic E-state index is 13.6. The highest BCUT2D eigenvalue weighted by atomic mass is 19.4. The van der Waals surface area contributed by atoms with Crippen molar-refractivity contribution in [3.8, 4) is 17.3 Å². The molecule has 12 heteroatoms. The summed E-state index contributed by atoms with van der Waals surface area (Å²) in [7, 11) is 1.55. The number of alkyl halides is 3. The fraction of sp³-hybridized carbons (Fsp3) is 0.517. The SMILES string of the molecule is COc1ncnc(C2CC2)c1-c1ncc2ccc(=O)n(CC3CC4(c5nc(C(F)(F)F)cn5C(C)C)CC3C4)c2n1. The first-order valence-electron chi connectivity index (χ1n) is 14.0. The molecule has 1 unspecified atom stereocenters. The molecule has 8 rings (SSSR count). The number of aromatic nitrogens is 7. The molecule has 0 aromatic carbocycles. The summed E-state index contributed by atoms with van der Waals surface area (Å²) in [5.41, 5.74) is 0.566. The predicted octanol–water partition coefficient (Wildman–Crippen LogP) is 5.30. The minimum absolute atomic E-state index is 0.111. The van der Waals surface area contributed by atoms with Crippen molar-refractivity contribution in [2.75, 3.05) is 7.11 Å². The van der Waals surface area contributed by atoms with Crippen LogP contribution in [0.4, 0.5) is 13.2 Å². The molecule has 4 saturated carbocycles. The Kier molecular flexibility index (Phi) is 5.78. The average molecular weight is 566 g/mol. The lowest BCUT2D eigenvalue weighted by Gasteiger charge is -2.38. The molecule has 4 aliphatic carbocycles. The van der Waals surface area contributed by atoms with Crippen LogP contribution >= 0.6 is 0 Å². The molecular weight excluding hydrogens is 535 g/mol. The molecule has 0 spiro atoms. The number of hydrogen-bond donors (Lipinski definition) is 0. The summed E-state index contributed by atoms with van der Waals surface area (Å²) in [4.78, 5) is 35.6. The fourth-order valence-corrected chi connectivity index (χ4v) is 6.93. The number of hydrogen-bond acceptors (Lipinski definition) is 7. The van der Waals surface area contributed by atoms with E-state index >= 15 is 0 Å². The van der Waals surface area contributed by atoms with Gasteiger partial charge in [0.15, 0.2) is 11.5 Å². The van der Waals surface area contributed by atoms with Gasteiger partial charge in [-0.25, -0.2) is 24.9 Å². The molecule has 9 nitrogen and oxygen atoms in total. The Morgan fingerprint density at radius 2 is 1.88 bits per heavy atom. The molecule has 4 aliphatic rings. The van der Waals surface area contributed by atoms with Gasteiger partial charge in [-0.2, -0.15) is 13.2 Å². The summed E-state index contributed by atoms with van der Waals surface area (Å²) in [6.45, 7) is 4.17. The topological polar surface area (TPSA) is 101 Å². The van der Waals surface area contributed by atoms with Crippen LogP contribution in [0.25, 0.3) is 22.4 Å². The Labute approximate surface area is 233 Å². The van der Waals surface area contributed by atoms with E-state index in [1.165, 1.54) is 12.4 Å². The van der Waals surface area contributed by atoms with E-state index in [1.54, 1.807) is 28.5 Å². The van der Waals surface area contributed by atoms with Crippen molar-refractivity contribution in [1.82, 2.24) is 34.1 Å². The van der Waals surface area contributed by atoms with Crippen molar-refractivity contribution in [1.29, 1.82) is 0 Å². The van der Waals surface area contributed by atoms with Crippen LogP contribution < -0.4 is 10.3 Å². The van der Waals surface area contributed by atoms with Crippen LogP contribution in [0.15, 0.2) is 35.6 Å². The maximum atomic E-state index is 13.6. The Morgan fingerprint density at radius 1 is 1.10 bits per heavy atom. The van der Waals surface area contributed by atoms with E-state index in [0.29, 0.717) is 53.5 Å². The molecule has 0 N–H and O–H groups in total. The Hall–Kier alpha value is -3.83. The molecular formula is C29H30F3N7O2. The highest BCUT2D eigenvalue weighted by Crippen LogP contribution is 2.63. The second-order valence-corrected chi connectivity index (χ2v) is 12.0. The summed E-state index contributed by atoms with van der Waals surface area (Å²) in [6, 6.07) is 3.09. The van der Waals surface area contributed by atoms with Gasteiger partial charge in [-0.1, -0.05) is 0 Å². The number of fused-ring (bicyclic) bond motifs is 2. The van der Waals surface area contributed by atoms with Crippen LogP contribution in [0.1, 0.15) is 75.1 Å². The van der Waals surface area contributed by atoms with Gasteiger partial charge < -0.3 is 9.30 Å². The molecule has 41 heavy (non-hydrogen) atoms. The second kappa shape index (κ2) is 9.09. The fourth-order valence-electron chi connectivity index (χ4n) is 6.93. The lowest BCUT2D eigenvalue weighted by Crippen LogP contribution is -2.36. The minimum atomic E-state index is -4.49. The molecule has 4 aromatic heterocycles. The quantitative estimate of drug-likeness (QED) is 0.300. The minimum Gasteiger partial charge on any atom is -0.480 e. The number of pyridine rings is 1. The van der Waals surface area contributed by atoms with Crippen molar-refractivity contribution >= 4 is 11.0 Å². The zero-order valence-electron chi connectivity index (χ0n) is 23.0.